The molecule has 28 heavy (non-hydrogen) atoms. The van der Waals surface area contributed by atoms with Crippen LogP contribution in [0.2, 0.25) is 0 Å². The fraction of sp³-hybridized carbons (Fsp3) is 0.263. The number of urea groups is 1. The number of benzene rings is 1. The highest BCUT2D eigenvalue weighted by atomic mass is 32.1. The SMILES string of the molecule is CCN(S)C(=O)Nc1ccc2ncc(Nc3cccc(OC(C)C)c3)nc2n1. The number of anilines is 3. The van der Waals surface area contributed by atoms with Crippen LogP contribution in [0.25, 0.3) is 11.2 Å². The first-order chi connectivity index (χ1) is 13.4. The molecular formula is C19H22N6O2S. The third kappa shape index (κ3) is 5.01. The molecule has 0 spiro atoms. The maximum absolute atomic E-state index is 11.9. The molecule has 0 saturated carbocycles. The fourth-order valence-corrected chi connectivity index (χ4v) is 2.46. The molecule has 3 aromatic rings. The monoisotopic (exact) mass is 398 g/mol. The van der Waals surface area contributed by atoms with Gasteiger partial charge in [0.2, 0.25) is 0 Å². The Morgan fingerprint density at radius 3 is 2.75 bits per heavy atom. The van der Waals surface area contributed by atoms with E-state index in [9.17, 15) is 4.79 Å². The smallest absolute Gasteiger partial charge is 0.332 e. The van der Waals surface area contributed by atoms with Crippen molar-refractivity contribution < 1.29 is 9.53 Å². The molecule has 0 bridgehead atoms. The van der Waals surface area contributed by atoms with Crippen LogP contribution in [0.5, 0.6) is 5.75 Å². The normalized spacial score (nSPS) is 10.8. The molecule has 0 radical (unpaired) electrons. The Labute approximate surface area is 168 Å². The van der Waals surface area contributed by atoms with E-state index in [1.807, 2.05) is 45.0 Å². The van der Waals surface area contributed by atoms with Gasteiger partial charge in [0, 0.05) is 18.3 Å². The lowest BCUT2D eigenvalue weighted by molar-refractivity contribution is 0.240. The number of hydrogen-bond donors (Lipinski definition) is 3. The van der Waals surface area contributed by atoms with Crippen molar-refractivity contribution in [3.63, 3.8) is 0 Å². The average molecular weight is 398 g/mol. The Morgan fingerprint density at radius 2 is 2.00 bits per heavy atom. The van der Waals surface area contributed by atoms with Crippen LogP contribution in [-0.4, -0.2) is 37.9 Å². The number of aromatic nitrogens is 3. The number of nitrogens with one attached hydrogen (secondary N) is 2. The minimum atomic E-state index is -0.359. The number of carbonyl (C=O) groups is 1. The molecule has 1 aromatic carbocycles. The summed E-state index contributed by atoms with van der Waals surface area (Å²) < 4.78 is 6.96. The van der Waals surface area contributed by atoms with Gasteiger partial charge in [-0.3, -0.25) is 9.62 Å². The second-order valence-electron chi connectivity index (χ2n) is 6.26. The highest BCUT2D eigenvalue weighted by molar-refractivity contribution is 7.78. The fourth-order valence-electron chi connectivity index (χ4n) is 2.41. The van der Waals surface area contributed by atoms with Crippen molar-refractivity contribution in [1.29, 1.82) is 0 Å². The van der Waals surface area contributed by atoms with E-state index in [1.54, 1.807) is 18.3 Å². The van der Waals surface area contributed by atoms with Crippen LogP contribution in [0.15, 0.2) is 42.6 Å². The van der Waals surface area contributed by atoms with Crippen LogP contribution in [0, 0.1) is 0 Å². The first kappa shape index (κ1) is 19.7. The Bertz CT molecular complexity index is 982. The number of pyridine rings is 1. The molecule has 3 rings (SSSR count). The first-order valence-electron chi connectivity index (χ1n) is 8.89. The van der Waals surface area contributed by atoms with Crippen LogP contribution in [0.4, 0.5) is 22.1 Å². The lowest BCUT2D eigenvalue weighted by atomic mass is 10.3. The molecule has 0 aliphatic rings. The summed E-state index contributed by atoms with van der Waals surface area (Å²) >= 11 is 4.07. The van der Waals surface area contributed by atoms with Gasteiger partial charge in [0.05, 0.1) is 12.3 Å². The summed E-state index contributed by atoms with van der Waals surface area (Å²) in [5.74, 6) is 1.68. The Kier molecular flexibility index (Phi) is 6.15. The second-order valence-corrected chi connectivity index (χ2v) is 6.74. The molecule has 2 aromatic heterocycles. The van der Waals surface area contributed by atoms with Gasteiger partial charge in [-0.1, -0.05) is 18.9 Å². The van der Waals surface area contributed by atoms with Gasteiger partial charge < -0.3 is 10.1 Å². The standard InChI is InChI=1S/C19H22N6O2S/c1-4-25(28)19(26)24-16-9-8-15-18(22-16)23-17(11-20-15)21-13-6-5-7-14(10-13)27-12(2)3/h5-12,28H,4H2,1-3H3,(H2,21,22,23,24,26). The van der Waals surface area contributed by atoms with Crippen molar-refractivity contribution in [2.24, 2.45) is 0 Å². The molecule has 9 heteroatoms. The maximum Gasteiger partial charge on any atom is 0.332 e. The van der Waals surface area contributed by atoms with E-state index >= 15 is 0 Å². The molecule has 2 N–H and O–H groups in total. The van der Waals surface area contributed by atoms with E-state index < -0.39 is 0 Å². The Balaban J connectivity index is 1.80. The van der Waals surface area contributed by atoms with E-state index in [0.29, 0.717) is 29.3 Å². The van der Waals surface area contributed by atoms with Crippen LogP contribution in [0.1, 0.15) is 20.8 Å². The summed E-state index contributed by atoms with van der Waals surface area (Å²) in [6.45, 7) is 6.25. The summed E-state index contributed by atoms with van der Waals surface area (Å²) in [5.41, 5.74) is 1.86. The molecule has 0 aliphatic heterocycles. The van der Waals surface area contributed by atoms with Gasteiger partial charge in [-0.25, -0.2) is 19.7 Å². The number of hydrogen-bond acceptors (Lipinski definition) is 7. The summed E-state index contributed by atoms with van der Waals surface area (Å²) in [6.07, 6.45) is 1.72. The number of rotatable bonds is 6. The van der Waals surface area contributed by atoms with Crippen molar-refractivity contribution >= 4 is 47.3 Å². The average Bonchev–Trinajstić information content (AvgIpc) is 2.66. The summed E-state index contributed by atoms with van der Waals surface area (Å²) in [6, 6.07) is 10.7. The van der Waals surface area contributed by atoms with Crippen molar-refractivity contribution in [2.75, 3.05) is 17.2 Å². The zero-order valence-electron chi connectivity index (χ0n) is 15.9. The second kappa shape index (κ2) is 8.75. The van der Waals surface area contributed by atoms with Crippen LogP contribution >= 0.6 is 12.8 Å². The molecule has 0 fully saturated rings. The highest BCUT2D eigenvalue weighted by Crippen LogP contribution is 2.22. The number of thiol groups is 1. The first-order valence-corrected chi connectivity index (χ1v) is 9.29. The molecule has 0 atom stereocenters. The highest BCUT2D eigenvalue weighted by Gasteiger charge is 2.10. The van der Waals surface area contributed by atoms with Gasteiger partial charge in [0.25, 0.3) is 0 Å². The van der Waals surface area contributed by atoms with E-state index in [1.165, 1.54) is 4.31 Å². The predicted octanol–water partition coefficient (Wildman–Crippen LogP) is 4.25. The van der Waals surface area contributed by atoms with Crippen LogP contribution in [-0.2, 0) is 0 Å². The topological polar surface area (TPSA) is 92.3 Å². The molecule has 2 heterocycles. The van der Waals surface area contributed by atoms with Crippen LogP contribution < -0.4 is 15.4 Å². The van der Waals surface area contributed by atoms with E-state index in [4.69, 9.17) is 4.74 Å². The van der Waals surface area contributed by atoms with Crippen LogP contribution in [0.3, 0.4) is 0 Å². The quantitative estimate of drug-likeness (QED) is 0.538. The predicted molar refractivity (Wildman–Crippen MR) is 113 cm³/mol. The van der Waals surface area contributed by atoms with Crippen molar-refractivity contribution in [1.82, 2.24) is 19.3 Å². The molecular weight excluding hydrogens is 376 g/mol. The van der Waals surface area contributed by atoms with Gasteiger partial charge in [-0.15, -0.1) is 0 Å². The number of fused-ring (bicyclic) bond motifs is 1. The van der Waals surface area contributed by atoms with E-state index in [0.717, 1.165) is 11.4 Å². The van der Waals surface area contributed by atoms with E-state index in [-0.39, 0.29) is 12.1 Å². The minimum Gasteiger partial charge on any atom is -0.491 e. The number of amides is 2. The van der Waals surface area contributed by atoms with Crippen molar-refractivity contribution in [2.45, 2.75) is 26.9 Å². The van der Waals surface area contributed by atoms with Gasteiger partial charge in [0.15, 0.2) is 11.5 Å². The van der Waals surface area contributed by atoms with E-state index in [2.05, 4.69) is 38.4 Å². The summed E-state index contributed by atoms with van der Waals surface area (Å²) in [7, 11) is 0. The van der Waals surface area contributed by atoms with Gasteiger partial charge in [-0.05, 0) is 45.0 Å². The summed E-state index contributed by atoms with van der Waals surface area (Å²) in [5, 5.41) is 5.87. The van der Waals surface area contributed by atoms with Crippen molar-refractivity contribution in [3.05, 3.63) is 42.6 Å². The third-order valence-electron chi connectivity index (χ3n) is 3.65. The third-order valence-corrected chi connectivity index (χ3v) is 4.12. The molecule has 8 nitrogen and oxygen atoms in total. The zero-order chi connectivity index (χ0) is 20.1. The maximum atomic E-state index is 11.9. The number of ether oxygens (including phenoxy) is 1. The Morgan fingerprint density at radius 1 is 1.21 bits per heavy atom. The largest absolute Gasteiger partial charge is 0.491 e. The zero-order valence-corrected chi connectivity index (χ0v) is 16.8. The molecule has 0 aliphatic carbocycles. The lowest BCUT2D eigenvalue weighted by Crippen LogP contribution is -2.27. The van der Waals surface area contributed by atoms with Gasteiger partial charge in [-0.2, -0.15) is 0 Å². The number of carbonyl (C=O) groups excluding carboxylic acids is 1. The van der Waals surface area contributed by atoms with Crippen molar-refractivity contribution in [3.8, 4) is 5.75 Å². The lowest BCUT2D eigenvalue weighted by Gasteiger charge is -2.13. The molecule has 0 saturated heterocycles. The molecule has 0 unspecified atom stereocenters. The number of nitrogens with zero attached hydrogens (tertiary/aromatic N) is 4. The summed E-state index contributed by atoms with van der Waals surface area (Å²) in [4.78, 5) is 25.1. The Hall–Kier alpha value is -3.07. The van der Waals surface area contributed by atoms with Gasteiger partial charge in [0.1, 0.15) is 17.1 Å². The van der Waals surface area contributed by atoms with Gasteiger partial charge >= 0.3 is 6.03 Å². The molecule has 146 valence electrons. The molecule has 2 amide bonds. The minimum absolute atomic E-state index is 0.0921.